The summed E-state index contributed by atoms with van der Waals surface area (Å²) in [6.07, 6.45) is 0. The summed E-state index contributed by atoms with van der Waals surface area (Å²) in [6, 6.07) is 6.86. The standard InChI is InChI=1S/C15H26N4O3S.HI/c1-5-17-15(19-12(2)11-22-4)18-10-13-7-6-8-14(9-13)23(20,21)16-3;/h6-9,12,16H,5,10-11H2,1-4H3,(H2,17,18,19);1H. The summed E-state index contributed by atoms with van der Waals surface area (Å²) in [6.45, 7) is 5.66. The third-order valence-corrected chi connectivity index (χ3v) is 4.45. The molecule has 1 atom stereocenters. The molecule has 0 radical (unpaired) electrons. The largest absolute Gasteiger partial charge is 0.383 e. The maximum Gasteiger partial charge on any atom is 0.240 e. The highest BCUT2D eigenvalue weighted by Gasteiger charge is 2.11. The maximum absolute atomic E-state index is 11.8. The molecular weight excluding hydrogens is 443 g/mol. The van der Waals surface area contributed by atoms with E-state index in [0.29, 0.717) is 19.1 Å². The number of guanidine groups is 1. The number of rotatable bonds is 8. The van der Waals surface area contributed by atoms with Crippen LogP contribution in [-0.4, -0.2) is 47.7 Å². The van der Waals surface area contributed by atoms with Gasteiger partial charge in [-0.15, -0.1) is 24.0 Å². The lowest BCUT2D eigenvalue weighted by molar-refractivity contribution is 0.179. The minimum atomic E-state index is -3.44. The van der Waals surface area contributed by atoms with Gasteiger partial charge in [-0.05, 0) is 38.6 Å². The first kappa shape index (κ1) is 23.1. The number of ether oxygens (including phenoxy) is 1. The van der Waals surface area contributed by atoms with Gasteiger partial charge < -0.3 is 15.4 Å². The topological polar surface area (TPSA) is 91.8 Å². The molecule has 0 aliphatic rings. The average molecular weight is 470 g/mol. The van der Waals surface area contributed by atoms with Gasteiger partial charge in [-0.1, -0.05) is 12.1 Å². The Labute approximate surface area is 161 Å². The molecule has 0 aromatic heterocycles. The number of nitrogens with one attached hydrogen (secondary N) is 3. The summed E-state index contributed by atoms with van der Waals surface area (Å²) < 4.78 is 31.1. The van der Waals surface area contributed by atoms with Gasteiger partial charge in [0.15, 0.2) is 5.96 Å². The molecule has 0 amide bonds. The van der Waals surface area contributed by atoms with E-state index < -0.39 is 10.0 Å². The van der Waals surface area contributed by atoms with E-state index >= 15 is 0 Å². The Bertz CT molecular complexity index is 623. The smallest absolute Gasteiger partial charge is 0.240 e. The first-order valence-corrected chi connectivity index (χ1v) is 8.97. The van der Waals surface area contributed by atoms with Crippen LogP contribution in [-0.2, 0) is 21.3 Å². The number of aliphatic imine (C=N–C) groups is 1. The molecule has 0 saturated heterocycles. The second kappa shape index (κ2) is 11.6. The van der Waals surface area contributed by atoms with Gasteiger partial charge in [0.1, 0.15) is 0 Å². The van der Waals surface area contributed by atoms with E-state index in [9.17, 15) is 8.42 Å². The first-order valence-electron chi connectivity index (χ1n) is 7.49. The SMILES string of the molecule is CCNC(=NCc1cccc(S(=O)(=O)NC)c1)NC(C)COC.I. The van der Waals surface area contributed by atoms with E-state index in [0.717, 1.165) is 12.1 Å². The highest BCUT2D eigenvalue weighted by atomic mass is 127. The van der Waals surface area contributed by atoms with Crippen LogP contribution in [0.25, 0.3) is 0 Å². The molecule has 24 heavy (non-hydrogen) atoms. The summed E-state index contributed by atoms with van der Waals surface area (Å²) in [5.74, 6) is 0.666. The Balaban J connectivity index is 0.00000529. The van der Waals surface area contributed by atoms with Crippen molar-refractivity contribution in [2.75, 3.05) is 27.3 Å². The van der Waals surface area contributed by atoms with Gasteiger partial charge in [-0.2, -0.15) is 0 Å². The molecular formula is C15H27IN4O3S. The number of benzene rings is 1. The van der Waals surface area contributed by atoms with Crippen molar-refractivity contribution >= 4 is 40.0 Å². The molecule has 0 aliphatic heterocycles. The summed E-state index contributed by atoms with van der Waals surface area (Å²) in [4.78, 5) is 4.71. The molecule has 138 valence electrons. The van der Waals surface area contributed by atoms with Crippen molar-refractivity contribution < 1.29 is 13.2 Å². The minimum absolute atomic E-state index is 0. The number of sulfonamides is 1. The summed E-state index contributed by atoms with van der Waals surface area (Å²) in [5.41, 5.74) is 0.818. The van der Waals surface area contributed by atoms with Crippen LogP contribution < -0.4 is 15.4 Å². The molecule has 0 saturated carbocycles. The van der Waals surface area contributed by atoms with E-state index in [-0.39, 0.29) is 34.9 Å². The van der Waals surface area contributed by atoms with Gasteiger partial charge in [-0.25, -0.2) is 18.1 Å². The van der Waals surface area contributed by atoms with Crippen molar-refractivity contribution in [1.29, 1.82) is 0 Å². The molecule has 7 nitrogen and oxygen atoms in total. The predicted molar refractivity (Wildman–Crippen MR) is 107 cm³/mol. The highest BCUT2D eigenvalue weighted by Crippen LogP contribution is 2.11. The quantitative estimate of drug-likeness (QED) is 0.303. The summed E-state index contributed by atoms with van der Waals surface area (Å²) in [7, 11) is -0.400. The number of hydrogen-bond donors (Lipinski definition) is 3. The van der Waals surface area contributed by atoms with E-state index in [2.05, 4.69) is 20.3 Å². The van der Waals surface area contributed by atoms with Crippen LogP contribution >= 0.6 is 24.0 Å². The second-order valence-corrected chi connectivity index (χ2v) is 6.94. The fourth-order valence-corrected chi connectivity index (χ4v) is 2.74. The number of hydrogen-bond acceptors (Lipinski definition) is 4. The fourth-order valence-electron chi connectivity index (χ4n) is 1.94. The summed E-state index contributed by atoms with van der Waals surface area (Å²) >= 11 is 0. The molecule has 1 unspecified atom stereocenters. The van der Waals surface area contributed by atoms with E-state index in [1.807, 2.05) is 19.9 Å². The van der Waals surface area contributed by atoms with E-state index in [1.54, 1.807) is 25.3 Å². The zero-order valence-corrected chi connectivity index (χ0v) is 17.6. The number of nitrogens with zero attached hydrogens (tertiary/aromatic N) is 1. The zero-order valence-electron chi connectivity index (χ0n) is 14.5. The molecule has 0 heterocycles. The zero-order chi connectivity index (χ0) is 17.3. The Morgan fingerprint density at radius 1 is 1.38 bits per heavy atom. The van der Waals surface area contributed by atoms with Crippen molar-refractivity contribution in [2.45, 2.75) is 31.3 Å². The Kier molecular flexibility index (Phi) is 11.2. The van der Waals surface area contributed by atoms with Gasteiger partial charge >= 0.3 is 0 Å². The molecule has 0 bridgehead atoms. The first-order chi connectivity index (χ1) is 10.9. The third-order valence-electron chi connectivity index (χ3n) is 3.04. The molecule has 1 aromatic carbocycles. The highest BCUT2D eigenvalue weighted by molar-refractivity contribution is 14.0. The molecule has 1 aromatic rings. The molecule has 9 heteroatoms. The lowest BCUT2D eigenvalue weighted by Crippen LogP contribution is -2.43. The van der Waals surface area contributed by atoms with Crippen LogP contribution in [0.1, 0.15) is 19.4 Å². The number of halogens is 1. The second-order valence-electron chi connectivity index (χ2n) is 5.05. The van der Waals surface area contributed by atoms with E-state index in [1.165, 1.54) is 7.05 Å². The van der Waals surface area contributed by atoms with Gasteiger partial charge in [0, 0.05) is 19.7 Å². The van der Waals surface area contributed by atoms with Crippen molar-refractivity contribution in [2.24, 2.45) is 4.99 Å². The van der Waals surface area contributed by atoms with Gasteiger partial charge in [0.05, 0.1) is 18.0 Å². The molecule has 1 rings (SSSR count). The van der Waals surface area contributed by atoms with Crippen LogP contribution in [0.5, 0.6) is 0 Å². The Hall–Kier alpha value is -0.910. The molecule has 0 spiro atoms. The normalized spacial score (nSPS) is 13.1. The maximum atomic E-state index is 11.8. The lowest BCUT2D eigenvalue weighted by atomic mass is 10.2. The van der Waals surface area contributed by atoms with Crippen molar-refractivity contribution in [3.8, 4) is 0 Å². The third kappa shape index (κ3) is 7.77. The van der Waals surface area contributed by atoms with Crippen molar-refractivity contribution in [3.63, 3.8) is 0 Å². The Morgan fingerprint density at radius 2 is 2.08 bits per heavy atom. The predicted octanol–water partition coefficient (Wildman–Crippen LogP) is 1.30. The van der Waals surface area contributed by atoms with Crippen LogP contribution in [0.15, 0.2) is 34.2 Å². The van der Waals surface area contributed by atoms with Crippen LogP contribution in [0.2, 0.25) is 0 Å². The molecule has 3 N–H and O–H groups in total. The van der Waals surface area contributed by atoms with Crippen molar-refractivity contribution in [1.82, 2.24) is 15.4 Å². The van der Waals surface area contributed by atoms with Crippen LogP contribution in [0.3, 0.4) is 0 Å². The molecule has 0 fully saturated rings. The average Bonchev–Trinajstić information content (AvgIpc) is 2.53. The molecule has 0 aliphatic carbocycles. The fraction of sp³-hybridized carbons (Fsp3) is 0.533. The van der Waals surface area contributed by atoms with Crippen LogP contribution in [0.4, 0.5) is 0 Å². The van der Waals surface area contributed by atoms with Gasteiger partial charge in [0.2, 0.25) is 10.0 Å². The van der Waals surface area contributed by atoms with Crippen molar-refractivity contribution in [3.05, 3.63) is 29.8 Å². The lowest BCUT2D eigenvalue weighted by Gasteiger charge is -2.17. The monoisotopic (exact) mass is 470 g/mol. The summed E-state index contributed by atoms with van der Waals surface area (Å²) in [5, 5.41) is 6.38. The van der Waals surface area contributed by atoms with Gasteiger partial charge in [0.25, 0.3) is 0 Å². The van der Waals surface area contributed by atoms with Gasteiger partial charge in [-0.3, -0.25) is 0 Å². The van der Waals surface area contributed by atoms with E-state index in [4.69, 9.17) is 4.74 Å². The van der Waals surface area contributed by atoms with Crippen LogP contribution in [0, 0.1) is 0 Å². The minimum Gasteiger partial charge on any atom is -0.383 e. The number of methoxy groups -OCH3 is 1. The Morgan fingerprint density at radius 3 is 2.67 bits per heavy atom.